The molecule has 4 rings (SSSR count). The van der Waals surface area contributed by atoms with E-state index in [1.165, 1.54) is 32.1 Å². The highest BCUT2D eigenvalue weighted by Gasteiger charge is 2.31. The van der Waals surface area contributed by atoms with Crippen LogP contribution in [0.2, 0.25) is 0 Å². The fourth-order valence-corrected chi connectivity index (χ4v) is 3.47. The molecule has 0 aromatic carbocycles. The third-order valence-corrected chi connectivity index (χ3v) is 4.87. The Morgan fingerprint density at radius 1 is 1.10 bits per heavy atom. The Hall–Kier alpha value is -1.65. The molecule has 5 heteroatoms. The van der Waals surface area contributed by atoms with Gasteiger partial charge in [-0.25, -0.2) is 9.97 Å². The fraction of sp³-hybridized carbons (Fsp3) is 0.688. The molecule has 2 aromatic rings. The van der Waals surface area contributed by atoms with E-state index in [9.17, 15) is 0 Å². The van der Waals surface area contributed by atoms with Crippen LogP contribution in [0.3, 0.4) is 0 Å². The van der Waals surface area contributed by atoms with Crippen molar-refractivity contribution in [1.82, 2.24) is 19.7 Å². The minimum atomic E-state index is 0.555. The van der Waals surface area contributed by atoms with Crippen LogP contribution in [0.25, 0.3) is 11.0 Å². The summed E-state index contributed by atoms with van der Waals surface area (Å²) in [5.41, 5.74) is 3.16. The number of hydrogen-bond donors (Lipinski definition) is 0. The molecule has 0 amide bonds. The molecule has 2 aromatic heterocycles. The van der Waals surface area contributed by atoms with Crippen LogP contribution in [-0.2, 0) is 7.05 Å². The van der Waals surface area contributed by atoms with E-state index in [-0.39, 0.29) is 0 Å². The Labute approximate surface area is 125 Å². The first-order chi connectivity index (χ1) is 10.1. The Balaban J connectivity index is 1.92. The molecular formula is C16H23N5. The zero-order valence-corrected chi connectivity index (χ0v) is 13.1. The summed E-state index contributed by atoms with van der Waals surface area (Å²) >= 11 is 0. The molecule has 0 N–H and O–H groups in total. The average Bonchev–Trinajstić information content (AvgIpc) is 3.27. The van der Waals surface area contributed by atoms with E-state index in [1.807, 2.05) is 11.7 Å². The largest absolute Gasteiger partial charge is 0.352 e. The number of fused-ring (bicyclic) bond motifs is 1. The second kappa shape index (κ2) is 4.68. The van der Waals surface area contributed by atoms with E-state index in [2.05, 4.69) is 23.8 Å². The number of aryl methyl sites for hydroxylation is 2. The monoisotopic (exact) mass is 285 g/mol. The van der Waals surface area contributed by atoms with Gasteiger partial charge >= 0.3 is 0 Å². The molecule has 1 saturated heterocycles. The zero-order chi connectivity index (χ0) is 14.6. The summed E-state index contributed by atoms with van der Waals surface area (Å²) in [6.07, 6.45) is 6.30. The summed E-state index contributed by atoms with van der Waals surface area (Å²) in [4.78, 5) is 12.3. The minimum absolute atomic E-state index is 0.555. The van der Waals surface area contributed by atoms with Crippen LogP contribution in [0.1, 0.15) is 56.5 Å². The van der Waals surface area contributed by atoms with Gasteiger partial charge in [0.25, 0.3) is 0 Å². The maximum Gasteiger partial charge on any atom is 0.158 e. The van der Waals surface area contributed by atoms with Gasteiger partial charge in [0.05, 0.1) is 5.69 Å². The SMILES string of the molecule is Cc1nn(C)c2c(N3CCCC[C@H]3C)nc(C3CC3)nc12. The first-order valence-corrected chi connectivity index (χ1v) is 8.13. The minimum Gasteiger partial charge on any atom is -0.352 e. The predicted octanol–water partition coefficient (Wildman–Crippen LogP) is 2.93. The molecule has 0 bridgehead atoms. The molecule has 1 saturated carbocycles. The number of aromatic nitrogens is 4. The summed E-state index contributed by atoms with van der Waals surface area (Å²) in [6.45, 7) is 5.46. The van der Waals surface area contributed by atoms with E-state index in [0.29, 0.717) is 12.0 Å². The van der Waals surface area contributed by atoms with Crippen molar-refractivity contribution in [3.05, 3.63) is 11.5 Å². The van der Waals surface area contributed by atoms with Crippen molar-refractivity contribution in [2.24, 2.45) is 7.05 Å². The first-order valence-electron chi connectivity index (χ1n) is 8.13. The van der Waals surface area contributed by atoms with Gasteiger partial charge in [-0.2, -0.15) is 5.10 Å². The van der Waals surface area contributed by atoms with E-state index in [4.69, 9.17) is 9.97 Å². The Morgan fingerprint density at radius 2 is 1.90 bits per heavy atom. The summed E-state index contributed by atoms with van der Waals surface area (Å²) in [6, 6.07) is 0.555. The summed E-state index contributed by atoms with van der Waals surface area (Å²) in [5.74, 6) is 2.72. The molecule has 5 nitrogen and oxygen atoms in total. The summed E-state index contributed by atoms with van der Waals surface area (Å²) in [5, 5.41) is 4.58. The lowest BCUT2D eigenvalue weighted by atomic mass is 10.0. The number of anilines is 1. The highest BCUT2D eigenvalue weighted by Crippen LogP contribution is 2.40. The molecule has 1 atom stereocenters. The summed E-state index contributed by atoms with van der Waals surface area (Å²) in [7, 11) is 2.01. The van der Waals surface area contributed by atoms with Crippen LogP contribution in [0.4, 0.5) is 5.82 Å². The highest BCUT2D eigenvalue weighted by molar-refractivity contribution is 5.88. The van der Waals surface area contributed by atoms with Crippen LogP contribution >= 0.6 is 0 Å². The van der Waals surface area contributed by atoms with Crippen LogP contribution in [0.5, 0.6) is 0 Å². The lowest BCUT2D eigenvalue weighted by Gasteiger charge is -2.34. The number of nitrogens with zero attached hydrogens (tertiary/aromatic N) is 5. The molecule has 1 aliphatic heterocycles. The van der Waals surface area contributed by atoms with Crippen LogP contribution in [0.15, 0.2) is 0 Å². The van der Waals surface area contributed by atoms with Crippen LogP contribution in [-0.4, -0.2) is 32.3 Å². The third kappa shape index (κ3) is 2.10. The Kier molecular flexibility index (Phi) is 2.91. The van der Waals surface area contributed by atoms with Gasteiger partial charge in [-0.15, -0.1) is 0 Å². The zero-order valence-electron chi connectivity index (χ0n) is 13.1. The summed E-state index contributed by atoms with van der Waals surface area (Å²) < 4.78 is 1.96. The van der Waals surface area contributed by atoms with Gasteiger partial charge in [-0.1, -0.05) is 0 Å². The quantitative estimate of drug-likeness (QED) is 0.851. The van der Waals surface area contributed by atoms with Gasteiger partial charge in [-0.05, 0) is 46.0 Å². The molecule has 1 aliphatic carbocycles. The van der Waals surface area contributed by atoms with Gasteiger partial charge in [0, 0.05) is 25.6 Å². The molecule has 3 heterocycles. The topological polar surface area (TPSA) is 46.8 Å². The van der Waals surface area contributed by atoms with Gasteiger partial charge in [-0.3, -0.25) is 4.68 Å². The van der Waals surface area contributed by atoms with E-state index >= 15 is 0 Å². The van der Waals surface area contributed by atoms with E-state index in [0.717, 1.165) is 34.9 Å². The van der Waals surface area contributed by atoms with Crippen LogP contribution < -0.4 is 4.90 Å². The lowest BCUT2D eigenvalue weighted by molar-refractivity contribution is 0.481. The van der Waals surface area contributed by atoms with Gasteiger partial charge in [0.1, 0.15) is 16.9 Å². The molecule has 112 valence electrons. The van der Waals surface area contributed by atoms with Crippen molar-refractivity contribution >= 4 is 16.9 Å². The molecule has 0 unspecified atom stereocenters. The number of rotatable bonds is 2. The molecule has 2 aliphatic rings. The average molecular weight is 285 g/mol. The Morgan fingerprint density at radius 3 is 2.62 bits per heavy atom. The molecule has 0 radical (unpaired) electrons. The number of piperidine rings is 1. The normalized spacial score (nSPS) is 23.0. The predicted molar refractivity (Wildman–Crippen MR) is 83.7 cm³/mol. The van der Waals surface area contributed by atoms with Crippen molar-refractivity contribution in [3.63, 3.8) is 0 Å². The van der Waals surface area contributed by atoms with Gasteiger partial charge in [0.2, 0.25) is 0 Å². The first kappa shape index (κ1) is 13.0. The molecular weight excluding hydrogens is 262 g/mol. The third-order valence-electron chi connectivity index (χ3n) is 4.87. The second-order valence-corrected chi connectivity index (χ2v) is 6.62. The smallest absolute Gasteiger partial charge is 0.158 e. The standard InChI is InChI=1S/C16H23N5/c1-10-6-4-5-9-21(10)16-14-13(11(2)19-20(14)3)17-15(18-16)12-7-8-12/h10,12H,4-9H2,1-3H3/t10-/m1/s1. The molecule has 21 heavy (non-hydrogen) atoms. The maximum absolute atomic E-state index is 4.97. The molecule has 0 spiro atoms. The van der Waals surface area contributed by atoms with Crippen LogP contribution in [0, 0.1) is 6.92 Å². The number of hydrogen-bond acceptors (Lipinski definition) is 4. The van der Waals surface area contributed by atoms with Crippen molar-refractivity contribution < 1.29 is 0 Å². The van der Waals surface area contributed by atoms with Crippen molar-refractivity contribution in [3.8, 4) is 0 Å². The van der Waals surface area contributed by atoms with Crippen molar-refractivity contribution in [2.75, 3.05) is 11.4 Å². The van der Waals surface area contributed by atoms with E-state index in [1.54, 1.807) is 0 Å². The second-order valence-electron chi connectivity index (χ2n) is 6.62. The Bertz CT molecular complexity index is 686. The lowest BCUT2D eigenvalue weighted by Crippen LogP contribution is -2.38. The van der Waals surface area contributed by atoms with Crippen molar-refractivity contribution in [2.45, 2.75) is 57.9 Å². The van der Waals surface area contributed by atoms with Gasteiger partial charge < -0.3 is 4.90 Å². The van der Waals surface area contributed by atoms with Gasteiger partial charge in [0.15, 0.2) is 5.82 Å². The maximum atomic E-state index is 4.97. The van der Waals surface area contributed by atoms with Crippen molar-refractivity contribution in [1.29, 1.82) is 0 Å². The highest BCUT2D eigenvalue weighted by atomic mass is 15.3. The molecule has 2 fully saturated rings. The van der Waals surface area contributed by atoms with E-state index < -0.39 is 0 Å². The fourth-order valence-electron chi connectivity index (χ4n) is 3.47.